The van der Waals surface area contributed by atoms with Crippen molar-refractivity contribution >= 4 is 12.4 Å². The Hall–Kier alpha value is -0.680. The first kappa shape index (κ1) is 18.4. The van der Waals surface area contributed by atoms with E-state index in [0.29, 0.717) is 0 Å². The Morgan fingerprint density at radius 3 is 2.52 bits per heavy atom. The Bertz CT molecular complexity index is 462. The third-order valence-electron chi connectivity index (χ3n) is 4.20. The number of hydrogen-bond donors (Lipinski definition) is 2. The van der Waals surface area contributed by atoms with Gasteiger partial charge in [-0.05, 0) is 30.2 Å². The van der Waals surface area contributed by atoms with Crippen LogP contribution in [0.2, 0.25) is 0 Å². The van der Waals surface area contributed by atoms with Crippen LogP contribution in [0.25, 0.3) is 0 Å². The summed E-state index contributed by atoms with van der Waals surface area (Å²) in [6.07, 6.45) is 0. The van der Waals surface area contributed by atoms with Gasteiger partial charge in [-0.1, -0.05) is 19.9 Å². The van der Waals surface area contributed by atoms with Crippen LogP contribution in [0, 0.1) is 18.2 Å². The highest BCUT2D eigenvalue weighted by Gasteiger charge is 2.36. The molecule has 1 aromatic carbocycles. The quantitative estimate of drug-likeness (QED) is 0.896. The minimum Gasteiger partial charge on any atom is -0.396 e. The number of aliphatic hydroxyl groups excluding tert-OH is 1. The van der Waals surface area contributed by atoms with Crippen molar-refractivity contribution in [3.8, 4) is 0 Å². The molecule has 0 bridgehead atoms. The zero-order valence-corrected chi connectivity index (χ0v) is 13.8. The summed E-state index contributed by atoms with van der Waals surface area (Å²) in [5, 5.41) is 13.1. The van der Waals surface area contributed by atoms with E-state index in [4.69, 9.17) is 0 Å². The van der Waals surface area contributed by atoms with E-state index in [1.54, 1.807) is 6.07 Å². The maximum absolute atomic E-state index is 13.7. The summed E-state index contributed by atoms with van der Waals surface area (Å²) >= 11 is 0. The molecular formula is C16H26ClFN2O. The summed E-state index contributed by atoms with van der Waals surface area (Å²) in [4.78, 5) is 2.36. The van der Waals surface area contributed by atoms with Gasteiger partial charge in [-0.15, -0.1) is 12.4 Å². The first-order valence-electron chi connectivity index (χ1n) is 7.27. The highest BCUT2D eigenvalue weighted by molar-refractivity contribution is 5.85. The highest BCUT2D eigenvalue weighted by atomic mass is 35.5. The van der Waals surface area contributed by atoms with E-state index in [1.165, 1.54) is 6.07 Å². The average molecular weight is 317 g/mol. The van der Waals surface area contributed by atoms with Crippen LogP contribution in [-0.2, 0) is 0 Å². The molecule has 0 unspecified atom stereocenters. The van der Waals surface area contributed by atoms with Gasteiger partial charge in [-0.25, -0.2) is 4.39 Å². The van der Waals surface area contributed by atoms with Crippen LogP contribution in [-0.4, -0.2) is 42.8 Å². The lowest BCUT2D eigenvalue weighted by Gasteiger charge is -2.44. The smallest absolute Gasteiger partial charge is 0.123 e. The van der Waals surface area contributed by atoms with Crippen molar-refractivity contribution < 1.29 is 9.50 Å². The predicted octanol–water partition coefficient (Wildman–Crippen LogP) is 2.52. The molecule has 1 aromatic rings. The molecule has 1 atom stereocenters. The van der Waals surface area contributed by atoms with Crippen LogP contribution >= 0.6 is 12.4 Å². The van der Waals surface area contributed by atoms with E-state index in [9.17, 15) is 9.50 Å². The van der Waals surface area contributed by atoms with Gasteiger partial charge in [0.25, 0.3) is 0 Å². The summed E-state index contributed by atoms with van der Waals surface area (Å²) in [7, 11) is 0. The van der Waals surface area contributed by atoms with E-state index in [1.807, 2.05) is 26.8 Å². The van der Waals surface area contributed by atoms with Crippen LogP contribution in [0.5, 0.6) is 0 Å². The second-order valence-electron chi connectivity index (χ2n) is 6.34. The molecule has 2 rings (SSSR count). The number of hydrogen-bond acceptors (Lipinski definition) is 3. The van der Waals surface area contributed by atoms with E-state index < -0.39 is 0 Å². The minimum atomic E-state index is -0.310. The van der Waals surface area contributed by atoms with Crippen LogP contribution in [0.3, 0.4) is 0 Å². The maximum atomic E-state index is 13.7. The second-order valence-corrected chi connectivity index (χ2v) is 6.34. The summed E-state index contributed by atoms with van der Waals surface area (Å²) < 4.78 is 13.7. The molecule has 0 saturated carbocycles. The van der Waals surface area contributed by atoms with Crippen molar-refractivity contribution in [1.29, 1.82) is 0 Å². The molecule has 1 fully saturated rings. The molecule has 3 nitrogen and oxygen atoms in total. The molecule has 1 saturated heterocycles. The molecule has 0 aromatic heterocycles. The number of piperazine rings is 1. The van der Waals surface area contributed by atoms with Crippen molar-refractivity contribution in [1.82, 2.24) is 10.2 Å². The Morgan fingerprint density at radius 2 is 1.95 bits per heavy atom. The highest BCUT2D eigenvalue weighted by Crippen LogP contribution is 2.39. The Labute approximate surface area is 132 Å². The summed E-state index contributed by atoms with van der Waals surface area (Å²) in [6, 6.07) is 4.98. The van der Waals surface area contributed by atoms with Crippen molar-refractivity contribution in [3.63, 3.8) is 0 Å². The standard InChI is InChI=1S/C16H25FN2O.ClH/c1-12-4-5-13(17)10-14(12)15(16(2,3)11-20)19-8-6-18-7-9-19;/h4-5,10,15,18,20H,6-9,11H2,1-3H3;1H/t15-;/m0./s1. The number of benzene rings is 1. The van der Waals surface area contributed by atoms with Crippen LogP contribution < -0.4 is 5.32 Å². The molecule has 0 amide bonds. The molecule has 5 heteroatoms. The predicted molar refractivity (Wildman–Crippen MR) is 86.4 cm³/mol. The fourth-order valence-corrected chi connectivity index (χ4v) is 3.04. The normalized spacial score (nSPS) is 18.1. The molecular weight excluding hydrogens is 291 g/mol. The zero-order valence-electron chi connectivity index (χ0n) is 13.0. The summed E-state index contributed by atoms with van der Waals surface area (Å²) in [6.45, 7) is 9.90. The first-order valence-corrected chi connectivity index (χ1v) is 7.27. The average Bonchev–Trinajstić information content (AvgIpc) is 2.44. The van der Waals surface area contributed by atoms with Crippen molar-refractivity contribution in [2.45, 2.75) is 26.8 Å². The van der Waals surface area contributed by atoms with Gasteiger partial charge in [0.05, 0.1) is 0 Å². The Kier molecular flexibility index (Phi) is 6.60. The lowest BCUT2D eigenvalue weighted by molar-refractivity contribution is 0.0300. The zero-order chi connectivity index (χ0) is 14.8. The molecule has 21 heavy (non-hydrogen) atoms. The van der Waals surface area contributed by atoms with Gasteiger partial charge in [0.15, 0.2) is 0 Å². The van der Waals surface area contributed by atoms with Gasteiger partial charge >= 0.3 is 0 Å². The third kappa shape index (κ3) is 4.16. The SMILES string of the molecule is Cc1ccc(F)cc1[C@H](N1CCNCC1)C(C)(C)CO.Cl. The molecule has 1 aliphatic rings. The van der Waals surface area contributed by atoms with Crippen molar-refractivity contribution in [2.24, 2.45) is 5.41 Å². The van der Waals surface area contributed by atoms with Gasteiger partial charge in [0, 0.05) is 44.2 Å². The third-order valence-corrected chi connectivity index (χ3v) is 4.20. The van der Waals surface area contributed by atoms with Gasteiger partial charge in [-0.3, -0.25) is 4.90 Å². The van der Waals surface area contributed by atoms with Gasteiger partial charge in [0.1, 0.15) is 5.82 Å². The first-order chi connectivity index (χ1) is 9.45. The van der Waals surface area contributed by atoms with E-state index in [-0.39, 0.29) is 36.3 Å². The minimum absolute atomic E-state index is 0. The lowest BCUT2D eigenvalue weighted by atomic mass is 9.78. The van der Waals surface area contributed by atoms with E-state index >= 15 is 0 Å². The fourth-order valence-electron chi connectivity index (χ4n) is 3.04. The molecule has 1 aliphatic heterocycles. The molecule has 0 aliphatic carbocycles. The van der Waals surface area contributed by atoms with E-state index in [0.717, 1.165) is 37.3 Å². The number of halogens is 2. The monoisotopic (exact) mass is 316 g/mol. The molecule has 120 valence electrons. The largest absolute Gasteiger partial charge is 0.396 e. The van der Waals surface area contributed by atoms with Gasteiger partial charge in [0.2, 0.25) is 0 Å². The number of rotatable bonds is 4. The van der Waals surface area contributed by atoms with Crippen LogP contribution in [0.15, 0.2) is 18.2 Å². The van der Waals surface area contributed by atoms with Crippen molar-refractivity contribution in [3.05, 3.63) is 35.1 Å². The number of nitrogens with one attached hydrogen (secondary N) is 1. The number of aryl methyl sites for hydroxylation is 1. The van der Waals surface area contributed by atoms with Crippen molar-refractivity contribution in [2.75, 3.05) is 32.8 Å². The van der Waals surface area contributed by atoms with Crippen LogP contribution in [0.4, 0.5) is 4.39 Å². The van der Waals surface area contributed by atoms with Gasteiger partial charge in [-0.2, -0.15) is 0 Å². The number of nitrogens with zero attached hydrogens (tertiary/aromatic N) is 1. The Morgan fingerprint density at radius 1 is 1.33 bits per heavy atom. The van der Waals surface area contributed by atoms with Gasteiger partial charge < -0.3 is 10.4 Å². The lowest BCUT2D eigenvalue weighted by Crippen LogP contribution is -2.49. The molecule has 0 radical (unpaired) electrons. The topological polar surface area (TPSA) is 35.5 Å². The van der Waals surface area contributed by atoms with Crippen LogP contribution in [0.1, 0.15) is 31.0 Å². The Balaban J connectivity index is 0.00000220. The molecule has 1 heterocycles. The number of aliphatic hydroxyl groups is 1. The second kappa shape index (κ2) is 7.54. The fraction of sp³-hybridized carbons (Fsp3) is 0.625. The molecule has 2 N–H and O–H groups in total. The van der Waals surface area contributed by atoms with E-state index in [2.05, 4.69) is 10.2 Å². The molecule has 0 spiro atoms. The summed E-state index contributed by atoms with van der Waals surface area (Å²) in [5.41, 5.74) is 1.76. The maximum Gasteiger partial charge on any atom is 0.123 e. The summed E-state index contributed by atoms with van der Waals surface area (Å²) in [5.74, 6) is -0.209.